The molecule has 0 unspecified atom stereocenters. The molecule has 0 fully saturated rings. The second-order valence-corrected chi connectivity index (χ2v) is 3.10. The number of rotatable bonds is 6. The summed E-state index contributed by atoms with van der Waals surface area (Å²) in [7, 11) is 0. The molecule has 0 aliphatic heterocycles. The molecule has 1 heterocycles. The van der Waals surface area contributed by atoms with Gasteiger partial charge in [-0.2, -0.15) is 5.10 Å². The van der Waals surface area contributed by atoms with Gasteiger partial charge in [0.05, 0.1) is 0 Å². The zero-order chi connectivity index (χ0) is 9.52. The van der Waals surface area contributed by atoms with E-state index < -0.39 is 0 Å². The van der Waals surface area contributed by atoms with Crippen molar-refractivity contribution in [2.75, 3.05) is 13.1 Å². The van der Waals surface area contributed by atoms with E-state index >= 15 is 0 Å². The fraction of sp³-hybridized carbons (Fsp3) is 0.700. The van der Waals surface area contributed by atoms with E-state index in [9.17, 15) is 0 Å². The fourth-order valence-electron chi connectivity index (χ4n) is 1.43. The van der Waals surface area contributed by atoms with Crippen LogP contribution in [0.4, 0.5) is 0 Å². The highest BCUT2D eigenvalue weighted by molar-refractivity contribution is 5.00. The van der Waals surface area contributed by atoms with Crippen LogP contribution in [0, 0.1) is 0 Å². The van der Waals surface area contributed by atoms with Crippen LogP contribution in [0.2, 0.25) is 0 Å². The lowest BCUT2D eigenvalue weighted by atomic mass is 10.2. The Morgan fingerprint density at radius 3 is 3.00 bits per heavy atom. The molecule has 1 aromatic heterocycles. The molecule has 74 valence electrons. The molecule has 13 heavy (non-hydrogen) atoms. The molecule has 0 amide bonds. The van der Waals surface area contributed by atoms with E-state index in [1.807, 2.05) is 6.20 Å². The average molecular weight is 181 g/mol. The topological polar surface area (TPSA) is 29.9 Å². The van der Waals surface area contributed by atoms with Gasteiger partial charge < -0.3 is 5.32 Å². The van der Waals surface area contributed by atoms with Gasteiger partial charge in [-0.15, -0.1) is 0 Å². The minimum Gasteiger partial charge on any atom is -0.317 e. The van der Waals surface area contributed by atoms with Crippen molar-refractivity contribution in [3.63, 3.8) is 0 Å². The minimum absolute atomic E-state index is 0.976. The third kappa shape index (κ3) is 3.19. The Morgan fingerprint density at radius 1 is 1.46 bits per heavy atom. The highest BCUT2D eigenvalue weighted by Crippen LogP contribution is 2.01. The van der Waals surface area contributed by atoms with Crippen LogP contribution in [-0.4, -0.2) is 22.9 Å². The molecule has 3 heteroatoms. The SMILES string of the molecule is CCNCCCc1ccnn1CC. The summed E-state index contributed by atoms with van der Waals surface area (Å²) in [5, 5.41) is 7.55. The number of hydrogen-bond acceptors (Lipinski definition) is 2. The summed E-state index contributed by atoms with van der Waals surface area (Å²) in [6, 6.07) is 2.11. The molecule has 1 N–H and O–H groups in total. The maximum absolute atomic E-state index is 4.23. The van der Waals surface area contributed by atoms with E-state index in [-0.39, 0.29) is 0 Å². The summed E-state index contributed by atoms with van der Waals surface area (Å²) in [5.74, 6) is 0. The molecule has 0 saturated carbocycles. The van der Waals surface area contributed by atoms with Crippen LogP contribution in [-0.2, 0) is 13.0 Å². The van der Waals surface area contributed by atoms with Crippen molar-refractivity contribution < 1.29 is 0 Å². The largest absolute Gasteiger partial charge is 0.317 e. The lowest BCUT2D eigenvalue weighted by molar-refractivity contribution is 0.595. The van der Waals surface area contributed by atoms with Crippen molar-refractivity contribution in [2.45, 2.75) is 33.2 Å². The first-order valence-electron chi connectivity index (χ1n) is 5.09. The molecule has 0 aliphatic carbocycles. The Balaban J connectivity index is 2.27. The highest BCUT2D eigenvalue weighted by atomic mass is 15.3. The third-order valence-corrected chi connectivity index (χ3v) is 2.14. The Kier molecular flexibility index (Phi) is 4.54. The number of aryl methyl sites for hydroxylation is 2. The van der Waals surface area contributed by atoms with Crippen LogP contribution in [0.5, 0.6) is 0 Å². The van der Waals surface area contributed by atoms with Gasteiger partial charge in [0.2, 0.25) is 0 Å². The second kappa shape index (κ2) is 5.75. The maximum atomic E-state index is 4.23. The van der Waals surface area contributed by atoms with Crippen LogP contribution >= 0.6 is 0 Å². The first-order valence-corrected chi connectivity index (χ1v) is 5.09. The number of nitrogens with zero attached hydrogens (tertiary/aromatic N) is 2. The molecule has 1 rings (SSSR count). The number of hydrogen-bond donors (Lipinski definition) is 1. The van der Waals surface area contributed by atoms with Crippen molar-refractivity contribution in [3.8, 4) is 0 Å². The predicted molar refractivity (Wildman–Crippen MR) is 54.8 cm³/mol. The third-order valence-electron chi connectivity index (χ3n) is 2.14. The quantitative estimate of drug-likeness (QED) is 0.673. The van der Waals surface area contributed by atoms with Crippen LogP contribution in [0.3, 0.4) is 0 Å². The molecule has 0 radical (unpaired) electrons. The molecule has 0 spiro atoms. The number of aromatic nitrogens is 2. The van der Waals surface area contributed by atoms with E-state index in [0.717, 1.165) is 26.1 Å². The molecule has 0 aliphatic rings. The van der Waals surface area contributed by atoms with Crippen molar-refractivity contribution >= 4 is 0 Å². The monoisotopic (exact) mass is 181 g/mol. The van der Waals surface area contributed by atoms with E-state index in [0.29, 0.717) is 0 Å². The van der Waals surface area contributed by atoms with Crippen LogP contribution in [0.15, 0.2) is 12.3 Å². The summed E-state index contributed by atoms with van der Waals surface area (Å²) < 4.78 is 2.06. The zero-order valence-corrected chi connectivity index (χ0v) is 8.58. The van der Waals surface area contributed by atoms with Crippen molar-refractivity contribution in [1.82, 2.24) is 15.1 Å². The molecule has 3 nitrogen and oxygen atoms in total. The summed E-state index contributed by atoms with van der Waals surface area (Å²) in [5.41, 5.74) is 1.35. The van der Waals surface area contributed by atoms with Crippen molar-refractivity contribution in [1.29, 1.82) is 0 Å². The van der Waals surface area contributed by atoms with Gasteiger partial charge >= 0.3 is 0 Å². The smallest absolute Gasteiger partial charge is 0.0492 e. The second-order valence-electron chi connectivity index (χ2n) is 3.10. The summed E-state index contributed by atoms with van der Waals surface area (Å²) >= 11 is 0. The fourth-order valence-corrected chi connectivity index (χ4v) is 1.43. The lowest BCUT2D eigenvalue weighted by Gasteiger charge is -2.04. The van der Waals surface area contributed by atoms with Gasteiger partial charge in [0.1, 0.15) is 0 Å². The van der Waals surface area contributed by atoms with Gasteiger partial charge in [0, 0.05) is 18.4 Å². The normalized spacial score (nSPS) is 10.6. The van der Waals surface area contributed by atoms with Gasteiger partial charge in [0.25, 0.3) is 0 Å². The Labute approximate surface area is 80.1 Å². The molecular weight excluding hydrogens is 162 g/mol. The van der Waals surface area contributed by atoms with Gasteiger partial charge in [0.15, 0.2) is 0 Å². The predicted octanol–water partition coefficient (Wildman–Crippen LogP) is 1.45. The van der Waals surface area contributed by atoms with E-state index in [1.54, 1.807) is 0 Å². The van der Waals surface area contributed by atoms with Crippen LogP contribution < -0.4 is 5.32 Å². The standard InChI is InChI=1S/C10H19N3/c1-3-11-8-5-6-10-7-9-12-13(10)4-2/h7,9,11H,3-6,8H2,1-2H3. The molecular formula is C10H19N3. The number of nitrogens with one attached hydrogen (secondary N) is 1. The van der Waals surface area contributed by atoms with E-state index in [2.05, 4.69) is 35.0 Å². The molecule has 0 atom stereocenters. The highest BCUT2D eigenvalue weighted by Gasteiger charge is 1.98. The van der Waals surface area contributed by atoms with Crippen molar-refractivity contribution in [2.24, 2.45) is 0 Å². The van der Waals surface area contributed by atoms with Gasteiger partial charge in [-0.25, -0.2) is 0 Å². The van der Waals surface area contributed by atoms with E-state index in [1.165, 1.54) is 12.1 Å². The first-order chi connectivity index (χ1) is 6.38. The summed E-state index contributed by atoms with van der Waals surface area (Å²) in [6.45, 7) is 7.40. The van der Waals surface area contributed by atoms with Crippen molar-refractivity contribution in [3.05, 3.63) is 18.0 Å². The van der Waals surface area contributed by atoms with Gasteiger partial charge in [-0.05, 0) is 38.9 Å². The summed E-state index contributed by atoms with van der Waals surface area (Å²) in [6.07, 6.45) is 4.20. The van der Waals surface area contributed by atoms with Gasteiger partial charge in [-0.1, -0.05) is 6.92 Å². The molecule has 1 aromatic rings. The van der Waals surface area contributed by atoms with Crippen LogP contribution in [0.1, 0.15) is 26.0 Å². The van der Waals surface area contributed by atoms with E-state index in [4.69, 9.17) is 0 Å². The molecule has 0 aromatic carbocycles. The summed E-state index contributed by atoms with van der Waals surface area (Å²) in [4.78, 5) is 0. The Hall–Kier alpha value is -0.830. The maximum Gasteiger partial charge on any atom is 0.0492 e. The average Bonchev–Trinajstić information content (AvgIpc) is 2.60. The molecule has 0 saturated heterocycles. The Bertz CT molecular complexity index is 230. The molecule has 0 bridgehead atoms. The minimum atomic E-state index is 0.976. The van der Waals surface area contributed by atoms with Crippen LogP contribution in [0.25, 0.3) is 0 Å². The van der Waals surface area contributed by atoms with Gasteiger partial charge in [-0.3, -0.25) is 4.68 Å². The first kappa shape index (κ1) is 10.3. The zero-order valence-electron chi connectivity index (χ0n) is 8.58. The Morgan fingerprint density at radius 2 is 2.31 bits per heavy atom. The lowest BCUT2D eigenvalue weighted by Crippen LogP contribution is -2.15.